The zero-order chi connectivity index (χ0) is 29.3. The predicted molar refractivity (Wildman–Crippen MR) is 147 cm³/mol. The van der Waals surface area contributed by atoms with Gasteiger partial charge in [0.05, 0.1) is 35.0 Å². The molecule has 2 aliphatic rings. The average molecular weight is 586 g/mol. The van der Waals surface area contributed by atoms with Gasteiger partial charge in [-0.2, -0.15) is 0 Å². The van der Waals surface area contributed by atoms with Gasteiger partial charge in [0.2, 0.25) is 5.91 Å². The molecule has 0 radical (unpaired) electrons. The Bertz CT molecular complexity index is 1520. The van der Waals surface area contributed by atoms with E-state index in [-0.39, 0.29) is 52.7 Å². The minimum absolute atomic E-state index is 0.0301. The molecule has 0 saturated carbocycles. The SMILES string of the molecule is CC(=O)NC[C@H]1CN(c2ccc(N3CCN(C(=O)c4ccc(-c5ccc(Cl)cc5[N+](=O)[O-])o4)CC3)c(F)c2)C(=O)O1. The maximum Gasteiger partial charge on any atom is 0.414 e. The summed E-state index contributed by atoms with van der Waals surface area (Å²) in [5.74, 6) is -0.955. The van der Waals surface area contributed by atoms with Gasteiger partial charge in [-0.3, -0.25) is 24.6 Å². The molecule has 41 heavy (non-hydrogen) atoms. The first kappa shape index (κ1) is 27.9. The van der Waals surface area contributed by atoms with Crippen LogP contribution in [0.1, 0.15) is 17.5 Å². The zero-order valence-electron chi connectivity index (χ0n) is 21.8. The summed E-state index contributed by atoms with van der Waals surface area (Å²) in [6, 6.07) is 11.6. The molecule has 0 aliphatic carbocycles. The number of nitro benzene ring substituents is 1. The summed E-state index contributed by atoms with van der Waals surface area (Å²) in [4.78, 5) is 52.0. The van der Waals surface area contributed by atoms with Crippen molar-refractivity contribution < 1.29 is 32.9 Å². The third-order valence-corrected chi connectivity index (χ3v) is 7.08. The van der Waals surface area contributed by atoms with E-state index in [2.05, 4.69) is 5.32 Å². The van der Waals surface area contributed by atoms with Crippen LogP contribution >= 0.6 is 11.6 Å². The minimum atomic E-state index is -0.619. The molecule has 1 N–H and O–H groups in total. The molecule has 214 valence electrons. The number of anilines is 2. The highest BCUT2D eigenvalue weighted by molar-refractivity contribution is 6.30. The Morgan fingerprint density at radius 2 is 1.88 bits per heavy atom. The van der Waals surface area contributed by atoms with E-state index in [9.17, 15) is 24.5 Å². The molecule has 2 fully saturated rings. The third-order valence-electron chi connectivity index (χ3n) is 6.84. The number of ether oxygens (including phenoxy) is 1. The molecule has 3 heterocycles. The van der Waals surface area contributed by atoms with Gasteiger partial charge in [0, 0.05) is 44.2 Å². The maximum atomic E-state index is 15.1. The summed E-state index contributed by atoms with van der Waals surface area (Å²) in [5, 5.41) is 14.2. The van der Waals surface area contributed by atoms with Crippen molar-refractivity contribution in [2.24, 2.45) is 0 Å². The number of nitro groups is 1. The molecule has 14 heteroatoms. The fourth-order valence-corrected chi connectivity index (χ4v) is 4.95. The van der Waals surface area contributed by atoms with Gasteiger partial charge in [0.1, 0.15) is 17.7 Å². The van der Waals surface area contributed by atoms with Crippen LogP contribution in [0.2, 0.25) is 5.02 Å². The molecule has 1 atom stereocenters. The lowest BCUT2D eigenvalue weighted by Gasteiger charge is -2.36. The first-order chi connectivity index (χ1) is 19.6. The van der Waals surface area contributed by atoms with Crippen molar-refractivity contribution in [3.8, 4) is 11.3 Å². The number of amides is 3. The van der Waals surface area contributed by atoms with Crippen molar-refractivity contribution in [1.82, 2.24) is 10.2 Å². The molecule has 12 nitrogen and oxygen atoms in total. The molecule has 3 aromatic rings. The van der Waals surface area contributed by atoms with Crippen molar-refractivity contribution in [2.45, 2.75) is 13.0 Å². The highest BCUT2D eigenvalue weighted by Crippen LogP contribution is 2.34. The maximum absolute atomic E-state index is 15.1. The Balaban J connectivity index is 1.21. The van der Waals surface area contributed by atoms with Gasteiger partial charge in [0.15, 0.2) is 5.76 Å². The zero-order valence-corrected chi connectivity index (χ0v) is 22.6. The average Bonchev–Trinajstić information content (AvgIpc) is 3.58. The number of cyclic esters (lactones) is 1. The Kier molecular flexibility index (Phi) is 7.79. The summed E-state index contributed by atoms with van der Waals surface area (Å²) < 4.78 is 26.1. The number of nitrogens with one attached hydrogen (secondary N) is 1. The van der Waals surface area contributed by atoms with Gasteiger partial charge in [-0.05, 0) is 42.5 Å². The highest BCUT2D eigenvalue weighted by atomic mass is 35.5. The summed E-state index contributed by atoms with van der Waals surface area (Å²) in [7, 11) is 0. The smallest absolute Gasteiger partial charge is 0.414 e. The van der Waals surface area contributed by atoms with Crippen LogP contribution in [0.5, 0.6) is 0 Å². The second kappa shape index (κ2) is 11.5. The third kappa shape index (κ3) is 5.94. The lowest BCUT2D eigenvalue weighted by molar-refractivity contribution is -0.384. The Hall–Kier alpha value is -4.65. The number of halogens is 2. The van der Waals surface area contributed by atoms with E-state index in [0.29, 0.717) is 37.6 Å². The van der Waals surface area contributed by atoms with Gasteiger partial charge >= 0.3 is 6.09 Å². The summed E-state index contributed by atoms with van der Waals surface area (Å²) in [6.07, 6.45) is -1.15. The summed E-state index contributed by atoms with van der Waals surface area (Å²) in [6.45, 7) is 3.00. The van der Waals surface area contributed by atoms with Crippen LogP contribution in [0.3, 0.4) is 0 Å². The van der Waals surface area contributed by atoms with Crippen molar-refractivity contribution in [3.05, 3.63) is 75.2 Å². The molecule has 2 saturated heterocycles. The normalized spacial score (nSPS) is 17.0. The van der Waals surface area contributed by atoms with Crippen molar-refractivity contribution in [3.63, 3.8) is 0 Å². The fraction of sp³-hybridized carbons (Fsp3) is 0.296. The molecule has 1 aromatic heterocycles. The molecule has 3 amide bonds. The molecule has 0 spiro atoms. The van der Waals surface area contributed by atoms with Crippen molar-refractivity contribution in [2.75, 3.05) is 49.1 Å². The standard InChI is InChI=1S/C27H25ClFN5O7/c1-16(35)30-14-19-15-33(27(37)40-19)18-3-5-22(21(29)13-18)31-8-10-32(11-9-31)26(36)25-7-6-24(41-25)20-4-2-17(28)12-23(20)34(38)39/h2-7,12-13,19H,8-11,14-15H2,1H3,(H,30,35)/t19-/m0/s1. The number of rotatable bonds is 7. The largest absolute Gasteiger partial charge is 0.451 e. The second-order valence-corrected chi connectivity index (χ2v) is 9.99. The molecular weight excluding hydrogens is 561 g/mol. The molecule has 2 aromatic carbocycles. The van der Waals surface area contributed by atoms with Crippen LogP contribution in [0.4, 0.5) is 26.2 Å². The van der Waals surface area contributed by atoms with E-state index >= 15 is 4.39 Å². The van der Waals surface area contributed by atoms with E-state index in [1.807, 2.05) is 0 Å². The number of hydrogen-bond donors (Lipinski definition) is 1. The first-order valence-electron chi connectivity index (χ1n) is 12.7. The van der Waals surface area contributed by atoms with Gasteiger partial charge in [-0.25, -0.2) is 9.18 Å². The van der Waals surface area contributed by atoms with Gasteiger partial charge < -0.3 is 24.3 Å². The summed E-state index contributed by atoms with van der Waals surface area (Å²) in [5.41, 5.74) is 0.634. The van der Waals surface area contributed by atoms with Crippen LogP contribution < -0.4 is 15.1 Å². The number of benzene rings is 2. The number of carbonyl (C=O) groups excluding carboxylic acids is 3. The Morgan fingerprint density at radius 3 is 2.56 bits per heavy atom. The van der Waals surface area contributed by atoms with E-state index in [1.165, 1.54) is 48.2 Å². The van der Waals surface area contributed by atoms with E-state index in [1.54, 1.807) is 21.9 Å². The lowest BCUT2D eigenvalue weighted by Crippen LogP contribution is -2.49. The van der Waals surface area contributed by atoms with E-state index in [4.69, 9.17) is 20.8 Å². The van der Waals surface area contributed by atoms with Gasteiger partial charge in [-0.15, -0.1) is 0 Å². The highest BCUT2D eigenvalue weighted by Gasteiger charge is 2.33. The van der Waals surface area contributed by atoms with Crippen LogP contribution in [-0.4, -0.2) is 73.1 Å². The van der Waals surface area contributed by atoms with Gasteiger partial charge in [0.25, 0.3) is 11.6 Å². The first-order valence-corrected chi connectivity index (χ1v) is 13.1. The number of piperazine rings is 1. The molecule has 2 aliphatic heterocycles. The molecular formula is C27H25ClFN5O7. The molecule has 5 rings (SSSR count). The van der Waals surface area contributed by atoms with Gasteiger partial charge in [-0.1, -0.05) is 11.6 Å². The van der Waals surface area contributed by atoms with Crippen LogP contribution in [0.25, 0.3) is 11.3 Å². The Labute approximate surface area is 238 Å². The van der Waals surface area contributed by atoms with Crippen molar-refractivity contribution >= 4 is 46.6 Å². The van der Waals surface area contributed by atoms with E-state index < -0.39 is 22.9 Å². The number of carbonyl (C=O) groups is 3. The molecule has 0 unspecified atom stereocenters. The monoisotopic (exact) mass is 585 g/mol. The minimum Gasteiger partial charge on any atom is -0.451 e. The van der Waals surface area contributed by atoms with Crippen molar-refractivity contribution in [1.29, 1.82) is 0 Å². The lowest BCUT2D eigenvalue weighted by atomic mass is 10.1. The topological polar surface area (TPSA) is 138 Å². The molecule has 0 bridgehead atoms. The van der Waals surface area contributed by atoms with Crippen LogP contribution in [0, 0.1) is 15.9 Å². The Morgan fingerprint density at radius 1 is 1.12 bits per heavy atom. The quantitative estimate of drug-likeness (QED) is 0.323. The summed E-state index contributed by atoms with van der Waals surface area (Å²) >= 11 is 5.88. The van der Waals surface area contributed by atoms with E-state index in [0.717, 1.165) is 0 Å². The van der Waals surface area contributed by atoms with Crippen LogP contribution in [0.15, 0.2) is 52.9 Å². The second-order valence-electron chi connectivity index (χ2n) is 9.55. The fourth-order valence-electron chi connectivity index (χ4n) is 4.78. The predicted octanol–water partition coefficient (Wildman–Crippen LogP) is 4.07. The number of furan rings is 1. The number of nitrogens with zero attached hydrogens (tertiary/aromatic N) is 4. The number of hydrogen-bond acceptors (Lipinski definition) is 8. The van der Waals surface area contributed by atoms with Crippen LogP contribution in [-0.2, 0) is 9.53 Å².